The standard InChI is InChI=1S/C14H17ClN2O3S/c1-10(12-5-3-4-6-13(12)15)17-21(18,19)14-8-7-11(20-14)9-16-2/h3-8,10,16-17H,9H2,1-2H3. The van der Waals surface area contributed by atoms with E-state index in [0.29, 0.717) is 22.9 Å². The van der Waals surface area contributed by atoms with Crippen LogP contribution in [0.1, 0.15) is 24.3 Å². The number of furan rings is 1. The van der Waals surface area contributed by atoms with Crippen LogP contribution in [-0.4, -0.2) is 15.5 Å². The third-order valence-electron chi connectivity index (χ3n) is 2.96. The van der Waals surface area contributed by atoms with Crippen LogP contribution >= 0.6 is 11.6 Å². The lowest BCUT2D eigenvalue weighted by atomic mass is 10.1. The molecule has 0 bridgehead atoms. The summed E-state index contributed by atoms with van der Waals surface area (Å²) in [5.74, 6) is 0.559. The van der Waals surface area contributed by atoms with E-state index >= 15 is 0 Å². The van der Waals surface area contributed by atoms with Gasteiger partial charge in [0.2, 0.25) is 5.09 Å². The summed E-state index contributed by atoms with van der Waals surface area (Å²) in [6.07, 6.45) is 0. The Bertz CT molecular complexity index is 713. The molecule has 0 radical (unpaired) electrons. The van der Waals surface area contributed by atoms with E-state index in [9.17, 15) is 8.42 Å². The summed E-state index contributed by atoms with van der Waals surface area (Å²) in [4.78, 5) is 0. The molecule has 2 rings (SSSR count). The van der Waals surface area contributed by atoms with E-state index in [4.69, 9.17) is 16.0 Å². The second-order valence-electron chi connectivity index (χ2n) is 4.62. The molecule has 0 aliphatic heterocycles. The number of benzene rings is 1. The third kappa shape index (κ3) is 3.85. The number of hydrogen-bond acceptors (Lipinski definition) is 4. The van der Waals surface area contributed by atoms with Crippen LogP contribution in [-0.2, 0) is 16.6 Å². The first-order chi connectivity index (χ1) is 9.94. The van der Waals surface area contributed by atoms with Crippen LogP contribution in [0.4, 0.5) is 0 Å². The minimum atomic E-state index is -3.72. The third-order valence-corrected chi connectivity index (χ3v) is 4.71. The quantitative estimate of drug-likeness (QED) is 0.855. The minimum Gasteiger partial charge on any atom is -0.447 e. The maximum Gasteiger partial charge on any atom is 0.274 e. The van der Waals surface area contributed by atoms with Crippen LogP contribution in [0.2, 0.25) is 5.02 Å². The van der Waals surface area contributed by atoms with Gasteiger partial charge in [0.1, 0.15) is 5.76 Å². The second kappa shape index (κ2) is 6.62. The van der Waals surface area contributed by atoms with Crippen molar-refractivity contribution in [2.24, 2.45) is 0 Å². The first-order valence-corrected chi connectivity index (χ1v) is 8.30. The monoisotopic (exact) mass is 328 g/mol. The summed E-state index contributed by atoms with van der Waals surface area (Å²) in [7, 11) is -1.97. The molecule has 0 fully saturated rings. The van der Waals surface area contributed by atoms with Gasteiger partial charge in [-0.1, -0.05) is 29.8 Å². The Morgan fingerprint density at radius 1 is 1.24 bits per heavy atom. The van der Waals surface area contributed by atoms with Crippen molar-refractivity contribution in [3.05, 3.63) is 52.7 Å². The smallest absolute Gasteiger partial charge is 0.274 e. The fraction of sp³-hybridized carbons (Fsp3) is 0.286. The van der Waals surface area contributed by atoms with Gasteiger partial charge in [-0.15, -0.1) is 0 Å². The molecule has 21 heavy (non-hydrogen) atoms. The van der Waals surface area contributed by atoms with E-state index in [1.54, 1.807) is 38.2 Å². The van der Waals surface area contributed by atoms with Gasteiger partial charge >= 0.3 is 0 Å². The zero-order chi connectivity index (χ0) is 15.5. The lowest BCUT2D eigenvalue weighted by Crippen LogP contribution is -2.26. The van der Waals surface area contributed by atoms with E-state index in [-0.39, 0.29) is 5.09 Å². The summed E-state index contributed by atoms with van der Waals surface area (Å²) in [5, 5.41) is 3.31. The maximum absolute atomic E-state index is 12.3. The van der Waals surface area contributed by atoms with E-state index in [0.717, 1.165) is 0 Å². The van der Waals surface area contributed by atoms with Crippen LogP contribution in [0.5, 0.6) is 0 Å². The Labute approximate surface area is 129 Å². The van der Waals surface area contributed by atoms with Gasteiger partial charge in [0.15, 0.2) is 0 Å². The molecule has 0 spiro atoms. The summed E-state index contributed by atoms with van der Waals surface area (Å²) in [6, 6.07) is 9.72. The first kappa shape index (κ1) is 16.0. The van der Waals surface area contributed by atoms with Crippen LogP contribution in [0.15, 0.2) is 45.9 Å². The maximum atomic E-state index is 12.3. The normalized spacial score (nSPS) is 13.3. The number of nitrogens with one attached hydrogen (secondary N) is 2. The fourth-order valence-electron chi connectivity index (χ4n) is 1.95. The highest BCUT2D eigenvalue weighted by Gasteiger charge is 2.22. The molecule has 114 valence electrons. The van der Waals surface area contributed by atoms with Crippen molar-refractivity contribution in [1.29, 1.82) is 0 Å². The van der Waals surface area contributed by atoms with Crippen LogP contribution < -0.4 is 10.0 Å². The molecule has 1 atom stereocenters. The molecule has 0 aliphatic carbocycles. The minimum absolute atomic E-state index is 0.105. The topological polar surface area (TPSA) is 71.3 Å². The second-order valence-corrected chi connectivity index (χ2v) is 6.67. The van der Waals surface area contributed by atoms with Crippen molar-refractivity contribution < 1.29 is 12.8 Å². The van der Waals surface area contributed by atoms with Crippen molar-refractivity contribution in [2.45, 2.75) is 24.6 Å². The van der Waals surface area contributed by atoms with Gasteiger partial charge in [-0.25, -0.2) is 13.1 Å². The molecule has 7 heteroatoms. The van der Waals surface area contributed by atoms with Crippen LogP contribution in [0.3, 0.4) is 0 Å². The lowest BCUT2D eigenvalue weighted by Gasteiger charge is -2.14. The van der Waals surface area contributed by atoms with Crippen LogP contribution in [0, 0.1) is 0 Å². The molecule has 0 saturated carbocycles. The van der Waals surface area contributed by atoms with Crippen molar-refractivity contribution in [3.8, 4) is 0 Å². The van der Waals surface area contributed by atoms with E-state index in [1.165, 1.54) is 6.07 Å². The SMILES string of the molecule is CNCc1ccc(S(=O)(=O)NC(C)c2ccccc2Cl)o1. The molecule has 1 aromatic heterocycles. The molecule has 0 amide bonds. The number of hydrogen-bond donors (Lipinski definition) is 2. The number of rotatable bonds is 6. The summed E-state index contributed by atoms with van der Waals surface area (Å²) in [6.45, 7) is 2.20. The molecule has 1 unspecified atom stereocenters. The lowest BCUT2D eigenvalue weighted by molar-refractivity contribution is 0.403. The first-order valence-electron chi connectivity index (χ1n) is 6.44. The Balaban J connectivity index is 2.18. The highest BCUT2D eigenvalue weighted by atomic mass is 35.5. The number of sulfonamides is 1. The van der Waals surface area contributed by atoms with Crippen molar-refractivity contribution >= 4 is 21.6 Å². The predicted octanol–water partition coefficient (Wildman–Crippen LogP) is 2.69. The van der Waals surface area contributed by atoms with Gasteiger partial charge < -0.3 is 9.73 Å². The molecule has 0 saturated heterocycles. The van der Waals surface area contributed by atoms with Crippen molar-refractivity contribution in [2.75, 3.05) is 7.05 Å². The molecule has 2 aromatic rings. The highest BCUT2D eigenvalue weighted by molar-refractivity contribution is 7.89. The Morgan fingerprint density at radius 2 is 1.95 bits per heavy atom. The summed E-state index contributed by atoms with van der Waals surface area (Å²) >= 11 is 6.07. The average molecular weight is 329 g/mol. The Hall–Kier alpha value is -1.34. The average Bonchev–Trinajstić information content (AvgIpc) is 2.88. The Morgan fingerprint density at radius 3 is 2.62 bits per heavy atom. The van der Waals surface area contributed by atoms with Gasteiger partial charge in [0.25, 0.3) is 10.0 Å². The highest BCUT2D eigenvalue weighted by Crippen LogP contribution is 2.24. The number of halogens is 1. The molecule has 2 N–H and O–H groups in total. The fourth-order valence-corrected chi connectivity index (χ4v) is 3.42. The molecular formula is C14H17ClN2O3S. The van der Waals surface area contributed by atoms with Crippen molar-refractivity contribution in [3.63, 3.8) is 0 Å². The largest absolute Gasteiger partial charge is 0.447 e. The zero-order valence-corrected chi connectivity index (χ0v) is 13.3. The van der Waals surface area contributed by atoms with E-state index in [2.05, 4.69) is 10.0 Å². The molecule has 1 aromatic carbocycles. The van der Waals surface area contributed by atoms with Gasteiger partial charge in [-0.3, -0.25) is 0 Å². The van der Waals surface area contributed by atoms with E-state index in [1.807, 2.05) is 6.07 Å². The summed E-state index contributed by atoms with van der Waals surface area (Å²) < 4.78 is 32.4. The van der Waals surface area contributed by atoms with Gasteiger partial charge in [0.05, 0.1) is 6.54 Å². The molecule has 1 heterocycles. The van der Waals surface area contributed by atoms with Crippen molar-refractivity contribution in [1.82, 2.24) is 10.0 Å². The predicted molar refractivity (Wildman–Crippen MR) is 81.7 cm³/mol. The van der Waals surface area contributed by atoms with Gasteiger partial charge in [-0.05, 0) is 37.7 Å². The van der Waals surface area contributed by atoms with Gasteiger partial charge in [-0.2, -0.15) is 0 Å². The molecule has 5 nitrogen and oxygen atoms in total. The summed E-state index contributed by atoms with van der Waals surface area (Å²) in [5.41, 5.74) is 0.713. The molecule has 0 aliphatic rings. The van der Waals surface area contributed by atoms with E-state index < -0.39 is 16.1 Å². The molecular weight excluding hydrogens is 312 g/mol. The zero-order valence-electron chi connectivity index (χ0n) is 11.8. The van der Waals surface area contributed by atoms with Crippen LogP contribution in [0.25, 0.3) is 0 Å². The van der Waals surface area contributed by atoms with Gasteiger partial charge in [0, 0.05) is 11.1 Å². The Kier molecular flexibility index (Phi) is 5.05.